The minimum Gasteiger partial charge on any atom is -0.318 e. The maximum Gasteiger partial charge on any atom is 0.294 e. The fraction of sp³-hybridized carbons (Fsp3) is 0.158. The zero-order chi connectivity index (χ0) is 17.3. The van der Waals surface area contributed by atoms with E-state index in [2.05, 4.69) is 10.5 Å². The van der Waals surface area contributed by atoms with Gasteiger partial charge in [-0.25, -0.2) is 0 Å². The molecule has 0 bridgehead atoms. The smallest absolute Gasteiger partial charge is 0.294 e. The first-order valence-electron chi connectivity index (χ1n) is 7.46. The summed E-state index contributed by atoms with van der Waals surface area (Å²) in [5.74, 6) is 2.01. The maximum absolute atomic E-state index is 12.3. The molecule has 0 N–H and O–H groups in total. The Hall–Kier alpha value is -2.71. The van der Waals surface area contributed by atoms with Crippen LogP contribution in [0.3, 0.4) is 0 Å². The first-order chi connectivity index (χ1) is 11.5. The van der Waals surface area contributed by atoms with Gasteiger partial charge in [-0.3, -0.25) is 14.5 Å². The highest BCUT2D eigenvalue weighted by molar-refractivity contribution is 8.18. The van der Waals surface area contributed by atoms with Gasteiger partial charge in [-0.15, -0.1) is 6.42 Å². The molecule has 1 aromatic heterocycles. The van der Waals surface area contributed by atoms with Crippen LogP contribution in [0.15, 0.2) is 41.3 Å². The molecule has 1 fully saturated rings. The molecular weight excluding hydrogens is 320 g/mol. The molecular formula is C19H16N2O2S. The minimum absolute atomic E-state index is 0.00500. The molecule has 0 aliphatic carbocycles. The van der Waals surface area contributed by atoms with Crippen molar-refractivity contribution in [3.8, 4) is 18.0 Å². The number of aromatic nitrogens is 1. The molecule has 3 rings (SSSR count). The van der Waals surface area contributed by atoms with Gasteiger partial charge in [0.2, 0.25) is 0 Å². The molecule has 2 amide bonds. The predicted molar refractivity (Wildman–Crippen MR) is 96.8 cm³/mol. The predicted octanol–water partition coefficient (Wildman–Crippen LogP) is 3.76. The van der Waals surface area contributed by atoms with Gasteiger partial charge in [0.25, 0.3) is 11.1 Å². The van der Waals surface area contributed by atoms with Crippen LogP contribution in [-0.4, -0.2) is 27.2 Å². The Morgan fingerprint density at radius 3 is 2.58 bits per heavy atom. The lowest BCUT2D eigenvalue weighted by Crippen LogP contribution is -2.28. The lowest BCUT2D eigenvalue weighted by Gasteiger charge is -2.09. The summed E-state index contributed by atoms with van der Waals surface area (Å²) < 4.78 is 2.12. The lowest BCUT2D eigenvalue weighted by atomic mass is 10.2. The van der Waals surface area contributed by atoms with Crippen LogP contribution in [0.2, 0.25) is 0 Å². The van der Waals surface area contributed by atoms with Crippen molar-refractivity contribution in [2.75, 3.05) is 6.54 Å². The van der Waals surface area contributed by atoms with Gasteiger partial charge >= 0.3 is 0 Å². The van der Waals surface area contributed by atoms with E-state index in [0.29, 0.717) is 4.91 Å². The number of terminal acetylenes is 1. The number of nitrogens with zero attached hydrogens (tertiary/aromatic N) is 2. The fourth-order valence-electron chi connectivity index (χ4n) is 2.78. The average Bonchev–Trinajstić information content (AvgIpc) is 2.99. The zero-order valence-electron chi connectivity index (χ0n) is 13.4. The fourth-order valence-corrected chi connectivity index (χ4v) is 3.61. The van der Waals surface area contributed by atoms with E-state index in [0.717, 1.165) is 39.3 Å². The first kappa shape index (κ1) is 16.2. The number of carbonyl (C=O) groups excluding carboxylic acids is 2. The van der Waals surface area contributed by atoms with Crippen molar-refractivity contribution in [3.63, 3.8) is 0 Å². The number of benzene rings is 1. The van der Waals surface area contributed by atoms with E-state index >= 15 is 0 Å². The number of para-hydroxylation sites is 1. The van der Waals surface area contributed by atoms with Gasteiger partial charge in [0.15, 0.2) is 0 Å². The Morgan fingerprint density at radius 2 is 1.92 bits per heavy atom. The third-order valence-corrected chi connectivity index (χ3v) is 4.80. The highest BCUT2D eigenvalue weighted by atomic mass is 32.2. The minimum atomic E-state index is -0.326. The molecule has 24 heavy (non-hydrogen) atoms. The van der Waals surface area contributed by atoms with E-state index in [1.54, 1.807) is 6.08 Å². The highest BCUT2D eigenvalue weighted by Crippen LogP contribution is 2.33. The Morgan fingerprint density at radius 1 is 1.21 bits per heavy atom. The summed E-state index contributed by atoms with van der Waals surface area (Å²) in [5, 5.41) is -0.318. The normalized spacial score (nSPS) is 16.0. The zero-order valence-corrected chi connectivity index (χ0v) is 14.3. The van der Waals surface area contributed by atoms with Gasteiger partial charge < -0.3 is 4.57 Å². The highest BCUT2D eigenvalue weighted by Gasteiger charge is 2.34. The maximum atomic E-state index is 12.3. The van der Waals surface area contributed by atoms with Crippen molar-refractivity contribution in [1.82, 2.24) is 9.47 Å². The largest absolute Gasteiger partial charge is 0.318 e. The van der Waals surface area contributed by atoms with Crippen molar-refractivity contribution >= 4 is 29.0 Å². The van der Waals surface area contributed by atoms with Crippen molar-refractivity contribution in [2.45, 2.75) is 13.8 Å². The molecule has 2 heterocycles. The molecule has 2 aromatic rings. The van der Waals surface area contributed by atoms with Crippen LogP contribution in [0, 0.1) is 26.2 Å². The molecule has 4 nitrogen and oxygen atoms in total. The summed E-state index contributed by atoms with van der Waals surface area (Å²) in [7, 11) is 0. The van der Waals surface area contributed by atoms with Crippen LogP contribution >= 0.6 is 11.8 Å². The molecule has 1 aliphatic rings. The molecule has 0 atom stereocenters. The van der Waals surface area contributed by atoms with Gasteiger partial charge in [0, 0.05) is 17.1 Å². The number of imide groups is 1. The van der Waals surface area contributed by atoms with E-state index in [1.807, 2.05) is 50.2 Å². The number of rotatable bonds is 3. The van der Waals surface area contributed by atoms with E-state index in [-0.39, 0.29) is 17.7 Å². The first-order valence-corrected chi connectivity index (χ1v) is 8.27. The number of hydrogen-bond donors (Lipinski definition) is 0. The lowest BCUT2D eigenvalue weighted by molar-refractivity contribution is -0.122. The molecule has 0 saturated carbocycles. The summed E-state index contributed by atoms with van der Waals surface area (Å²) in [6.07, 6.45) is 6.98. The van der Waals surface area contributed by atoms with E-state index < -0.39 is 0 Å². The molecule has 120 valence electrons. The van der Waals surface area contributed by atoms with Gasteiger partial charge in [0.1, 0.15) is 0 Å². The quantitative estimate of drug-likeness (QED) is 0.633. The number of thioether (sulfide) groups is 1. The van der Waals surface area contributed by atoms with Crippen molar-refractivity contribution in [3.05, 3.63) is 58.3 Å². The van der Waals surface area contributed by atoms with Crippen molar-refractivity contribution < 1.29 is 9.59 Å². The third-order valence-electron chi connectivity index (χ3n) is 3.89. The number of amides is 2. The third kappa shape index (κ3) is 2.77. The Bertz CT molecular complexity index is 888. The summed E-state index contributed by atoms with van der Waals surface area (Å²) in [5.41, 5.74) is 4.06. The van der Waals surface area contributed by atoms with Crippen molar-refractivity contribution in [1.29, 1.82) is 0 Å². The molecule has 0 radical (unpaired) electrons. The Labute approximate surface area is 145 Å². The second-order valence-corrected chi connectivity index (χ2v) is 6.46. The monoisotopic (exact) mass is 336 g/mol. The SMILES string of the molecule is C#CCN1C(=O)S/C(=C\c2cc(C)n(-c3ccccc3)c2C)C1=O. The molecule has 1 aliphatic heterocycles. The van der Waals surface area contributed by atoms with Gasteiger partial charge in [-0.2, -0.15) is 0 Å². The standard InChI is InChI=1S/C19H16N2O2S/c1-4-10-20-18(22)17(24-19(20)23)12-15-11-13(2)21(14(15)3)16-8-6-5-7-9-16/h1,5-9,11-12H,10H2,2-3H3/b17-12-. The topological polar surface area (TPSA) is 42.3 Å². The van der Waals surface area contributed by atoms with Gasteiger partial charge in [0.05, 0.1) is 11.4 Å². The number of carbonyl (C=O) groups is 2. The van der Waals surface area contributed by atoms with Crippen molar-refractivity contribution in [2.24, 2.45) is 0 Å². The van der Waals surface area contributed by atoms with E-state index in [9.17, 15) is 9.59 Å². The van der Waals surface area contributed by atoms with E-state index in [4.69, 9.17) is 6.42 Å². The summed E-state index contributed by atoms with van der Waals surface area (Å²) in [4.78, 5) is 25.7. The summed E-state index contributed by atoms with van der Waals surface area (Å²) in [6.45, 7) is 4.02. The molecule has 1 saturated heterocycles. The second kappa shape index (κ2) is 6.42. The van der Waals surface area contributed by atoms with E-state index in [1.165, 1.54) is 0 Å². The summed E-state index contributed by atoms with van der Waals surface area (Å²) >= 11 is 0.930. The molecule has 1 aromatic carbocycles. The van der Waals surface area contributed by atoms with Crippen LogP contribution in [0.25, 0.3) is 11.8 Å². The van der Waals surface area contributed by atoms with Gasteiger partial charge in [-0.05, 0) is 55.4 Å². The Kier molecular flexibility index (Phi) is 4.32. The molecule has 5 heteroatoms. The van der Waals surface area contributed by atoms with Crippen LogP contribution in [0.1, 0.15) is 17.0 Å². The molecule has 0 spiro atoms. The van der Waals surface area contributed by atoms with Crippen LogP contribution in [0.5, 0.6) is 0 Å². The van der Waals surface area contributed by atoms with Crippen LogP contribution < -0.4 is 0 Å². The van der Waals surface area contributed by atoms with Crippen LogP contribution in [-0.2, 0) is 4.79 Å². The summed E-state index contributed by atoms with van der Waals surface area (Å²) in [6, 6.07) is 12.0. The number of aryl methyl sites for hydroxylation is 1. The molecule has 0 unspecified atom stereocenters. The van der Waals surface area contributed by atoms with Gasteiger partial charge in [-0.1, -0.05) is 24.1 Å². The second-order valence-electron chi connectivity index (χ2n) is 5.47. The average molecular weight is 336 g/mol. The van der Waals surface area contributed by atoms with Crippen LogP contribution in [0.4, 0.5) is 4.79 Å². The Balaban J connectivity index is 1.99. The number of hydrogen-bond acceptors (Lipinski definition) is 3.